The first kappa shape index (κ1) is 24.6. The lowest BCUT2D eigenvalue weighted by atomic mass is 9.90. The molecule has 1 N–H and O–H groups in total. The molecular weight excluding hydrogens is 436 g/mol. The van der Waals surface area contributed by atoms with E-state index in [0.717, 1.165) is 27.3 Å². The zero-order valence-corrected chi connectivity index (χ0v) is 19.4. The van der Waals surface area contributed by atoms with Crippen molar-refractivity contribution in [3.05, 3.63) is 94.6 Å². The fourth-order valence-corrected chi connectivity index (χ4v) is 3.22. The van der Waals surface area contributed by atoms with Crippen LogP contribution in [0.3, 0.4) is 0 Å². The van der Waals surface area contributed by atoms with Crippen molar-refractivity contribution in [1.29, 1.82) is 0 Å². The number of allylic oxidation sites excluding steroid dienone is 5. The second-order valence-electron chi connectivity index (χ2n) is 7.17. The standard InChI is InChI=1S/C23H24ClN2.H2O4S/c1-25(2)19-13-9-17(10-14-19)23(21-7-5-6-8-22(21)24)18-11-15-20(16-12-18)26(3)4;1-5(2,3)4/h5-16H,1-4H3;(H2,1,2,3,4)/q+1;/p-1. The van der Waals surface area contributed by atoms with E-state index in [1.54, 1.807) is 0 Å². The summed E-state index contributed by atoms with van der Waals surface area (Å²) in [4.78, 5) is 2.10. The summed E-state index contributed by atoms with van der Waals surface area (Å²) in [6.45, 7) is 0. The van der Waals surface area contributed by atoms with Gasteiger partial charge >= 0.3 is 0 Å². The van der Waals surface area contributed by atoms with E-state index in [1.165, 1.54) is 11.4 Å². The van der Waals surface area contributed by atoms with Crippen molar-refractivity contribution in [3.63, 3.8) is 0 Å². The molecule has 1 aliphatic carbocycles. The number of rotatable bonds is 3. The molecule has 0 heterocycles. The highest BCUT2D eigenvalue weighted by Crippen LogP contribution is 2.34. The maximum Gasteiger partial charge on any atom is 0.215 e. The topological polar surface area (TPSA) is 83.7 Å². The van der Waals surface area contributed by atoms with E-state index in [0.29, 0.717) is 0 Å². The van der Waals surface area contributed by atoms with Crippen LogP contribution in [0, 0.1) is 0 Å². The quantitative estimate of drug-likeness (QED) is 0.424. The number of halogens is 1. The van der Waals surface area contributed by atoms with Gasteiger partial charge in [0.25, 0.3) is 0 Å². The third-order valence-electron chi connectivity index (χ3n) is 4.49. The van der Waals surface area contributed by atoms with Gasteiger partial charge in [0.05, 0.1) is 0 Å². The summed E-state index contributed by atoms with van der Waals surface area (Å²) in [5.74, 6) is 0. The Morgan fingerprint density at radius 3 is 1.94 bits per heavy atom. The third-order valence-corrected chi connectivity index (χ3v) is 4.82. The summed E-state index contributed by atoms with van der Waals surface area (Å²) in [5, 5.41) is 0.760. The second kappa shape index (κ2) is 10.5. The summed E-state index contributed by atoms with van der Waals surface area (Å²) in [6.07, 6.45) is 8.60. The molecule has 0 spiro atoms. The minimum atomic E-state index is -4.92. The van der Waals surface area contributed by atoms with Crippen LogP contribution in [0.4, 0.5) is 5.69 Å². The van der Waals surface area contributed by atoms with Crippen LogP contribution in [0.25, 0.3) is 5.57 Å². The summed E-state index contributed by atoms with van der Waals surface area (Å²) in [7, 11) is 3.28. The van der Waals surface area contributed by atoms with E-state index >= 15 is 0 Å². The van der Waals surface area contributed by atoms with E-state index < -0.39 is 10.4 Å². The Balaban J connectivity index is 0.000000614. The molecule has 164 valence electrons. The fourth-order valence-electron chi connectivity index (χ4n) is 2.99. The Labute approximate surface area is 188 Å². The SMILES string of the molecule is CN(C)c1ccc(C(=C2C=CC(=[N+](C)C)C=C2)c2ccccc2Cl)cc1.O=S(=O)([O-])O. The molecular formula is C23H25ClN2O4S. The molecule has 0 unspecified atom stereocenters. The highest BCUT2D eigenvalue weighted by atomic mass is 35.5. The van der Waals surface area contributed by atoms with Crippen LogP contribution < -0.4 is 4.90 Å². The normalized spacial score (nSPS) is 12.9. The first-order chi connectivity index (χ1) is 14.5. The van der Waals surface area contributed by atoms with Gasteiger partial charge in [-0.05, 0) is 47.1 Å². The smallest absolute Gasteiger partial charge is 0.215 e. The van der Waals surface area contributed by atoms with Gasteiger partial charge in [0.15, 0.2) is 5.71 Å². The largest absolute Gasteiger partial charge is 0.726 e. The van der Waals surface area contributed by atoms with Crippen LogP contribution in [0.2, 0.25) is 5.02 Å². The predicted octanol–water partition coefficient (Wildman–Crippen LogP) is 4.05. The molecule has 1 aliphatic rings. The number of nitrogens with zero attached hydrogens (tertiary/aromatic N) is 2. The summed E-state index contributed by atoms with van der Waals surface area (Å²) < 4.78 is 34.9. The van der Waals surface area contributed by atoms with Crippen molar-refractivity contribution >= 4 is 39.0 Å². The van der Waals surface area contributed by atoms with E-state index in [9.17, 15) is 0 Å². The van der Waals surface area contributed by atoms with Crippen LogP contribution in [0.5, 0.6) is 0 Å². The summed E-state index contributed by atoms with van der Waals surface area (Å²) in [5.41, 5.74) is 6.85. The molecule has 0 radical (unpaired) electrons. The molecule has 2 aromatic carbocycles. The summed E-state index contributed by atoms with van der Waals surface area (Å²) in [6, 6.07) is 16.6. The van der Waals surface area contributed by atoms with Crippen molar-refractivity contribution < 1.29 is 22.1 Å². The predicted molar refractivity (Wildman–Crippen MR) is 126 cm³/mol. The molecule has 8 heteroatoms. The molecule has 0 saturated heterocycles. The zero-order chi connectivity index (χ0) is 23.2. The van der Waals surface area contributed by atoms with Crippen molar-refractivity contribution in [2.75, 3.05) is 33.1 Å². The van der Waals surface area contributed by atoms with E-state index in [-0.39, 0.29) is 0 Å². The molecule has 0 fully saturated rings. The maximum absolute atomic E-state index is 8.63. The monoisotopic (exact) mass is 460 g/mol. The van der Waals surface area contributed by atoms with E-state index in [1.807, 2.05) is 46.4 Å². The Bertz CT molecular complexity index is 1130. The highest BCUT2D eigenvalue weighted by Gasteiger charge is 2.15. The average Bonchev–Trinajstić information content (AvgIpc) is 2.69. The first-order valence-electron chi connectivity index (χ1n) is 9.33. The van der Waals surface area contributed by atoms with Gasteiger partial charge in [-0.1, -0.05) is 41.9 Å². The van der Waals surface area contributed by atoms with E-state index in [2.05, 4.69) is 64.1 Å². The maximum atomic E-state index is 8.63. The van der Waals surface area contributed by atoms with Gasteiger partial charge in [-0.2, -0.15) is 0 Å². The molecule has 0 aliphatic heterocycles. The molecule has 0 atom stereocenters. The van der Waals surface area contributed by atoms with Gasteiger partial charge in [-0.15, -0.1) is 0 Å². The highest BCUT2D eigenvalue weighted by molar-refractivity contribution is 7.79. The third kappa shape index (κ3) is 7.48. The summed E-state index contributed by atoms with van der Waals surface area (Å²) >= 11 is 6.54. The Kier molecular flexibility index (Phi) is 8.36. The van der Waals surface area contributed by atoms with Gasteiger partial charge in [-0.25, -0.2) is 13.0 Å². The first-order valence-corrected chi connectivity index (χ1v) is 11.1. The molecule has 0 amide bonds. The minimum absolute atomic E-state index is 0.760. The van der Waals surface area contributed by atoms with Crippen LogP contribution in [-0.2, 0) is 10.4 Å². The van der Waals surface area contributed by atoms with Crippen molar-refractivity contribution in [1.82, 2.24) is 0 Å². The molecule has 6 nitrogen and oxygen atoms in total. The van der Waals surface area contributed by atoms with Gasteiger partial charge in [0, 0.05) is 42.5 Å². The average molecular weight is 461 g/mol. The van der Waals surface area contributed by atoms with Gasteiger partial charge in [0.2, 0.25) is 10.4 Å². The lowest BCUT2D eigenvalue weighted by Crippen LogP contribution is -2.10. The Morgan fingerprint density at radius 2 is 1.48 bits per heavy atom. The molecule has 31 heavy (non-hydrogen) atoms. The van der Waals surface area contributed by atoms with Crippen molar-refractivity contribution in [3.8, 4) is 0 Å². The lowest BCUT2D eigenvalue weighted by molar-refractivity contribution is -0.462. The number of benzene rings is 2. The van der Waals surface area contributed by atoms with Crippen molar-refractivity contribution in [2.45, 2.75) is 0 Å². The minimum Gasteiger partial charge on any atom is -0.726 e. The molecule has 2 aromatic rings. The van der Waals surface area contributed by atoms with Crippen molar-refractivity contribution in [2.24, 2.45) is 0 Å². The van der Waals surface area contributed by atoms with Crippen LogP contribution in [0.15, 0.2) is 78.4 Å². The number of anilines is 1. The number of hydrogen-bond donors (Lipinski definition) is 1. The lowest BCUT2D eigenvalue weighted by Gasteiger charge is -2.17. The Hall–Kier alpha value is -2.71. The molecule has 0 bridgehead atoms. The Morgan fingerprint density at radius 1 is 0.968 bits per heavy atom. The number of hydrogen-bond acceptors (Lipinski definition) is 4. The van der Waals surface area contributed by atoms with Gasteiger partial charge < -0.3 is 9.45 Å². The fraction of sp³-hybridized carbons (Fsp3) is 0.174. The van der Waals surface area contributed by atoms with Crippen LogP contribution >= 0.6 is 11.6 Å². The van der Waals surface area contributed by atoms with Gasteiger partial charge in [0.1, 0.15) is 14.1 Å². The van der Waals surface area contributed by atoms with E-state index in [4.69, 9.17) is 29.1 Å². The molecule has 0 aromatic heterocycles. The zero-order valence-electron chi connectivity index (χ0n) is 17.8. The van der Waals surface area contributed by atoms with Crippen LogP contribution in [-0.4, -0.2) is 56.0 Å². The molecule has 0 saturated carbocycles. The second-order valence-corrected chi connectivity index (χ2v) is 8.43. The van der Waals surface area contributed by atoms with Crippen LogP contribution in [0.1, 0.15) is 11.1 Å². The van der Waals surface area contributed by atoms with Gasteiger partial charge in [-0.3, -0.25) is 4.55 Å². The molecule has 3 rings (SSSR count).